The van der Waals surface area contributed by atoms with Crippen LogP contribution in [0, 0.1) is 0 Å². The molecular weight excluding hydrogens is 96.0 g/mol. The molecular formula is C4H4O3. The van der Waals surface area contributed by atoms with E-state index in [-0.39, 0.29) is 18.2 Å². The molecule has 0 saturated carbocycles. The van der Waals surface area contributed by atoms with Crippen molar-refractivity contribution >= 4 is 5.97 Å². The zero-order chi connectivity index (χ0) is 4.85. The van der Waals surface area contributed by atoms with Crippen molar-refractivity contribution in [3.63, 3.8) is 0 Å². The third kappa shape index (κ3) is 0.307. The van der Waals surface area contributed by atoms with Gasteiger partial charge >= 0.3 is 5.97 Å². The van der Waals surface area contributed by atoms with E-state index in [0.29, 0.717) is 6.61 Å². The largest absolute Gasteiger partial charge is 0.461 e. The van der Waals surface area contributed by atoms with Crippen LogP contribution in [0.25, 0.3) is 0 Å². The van der Waals surface area contributed by atoms with Crippen LogP contribution >= 0.6 is 0 Å². The molecule has 2 unspecified atom stereocenters. The molecule has 2 aliphatic heterocycles. The van der Waals surface area contributed by atoms with Crippen molar-refractivity contribution in [1.82, 2.24) is 0 Å². The summed E-state index contributed by atoms with van der Waals surface area (Å²) in [4.78, 5) is 10.3. The minimum Gasteiger partial charge on any atom is -0.461 e. The number of hydrogen-bond donors (Lipinski definition) is 0. The lowest BCUT2D eigenvalue weighted by Gasteiger charge is -1.89. The van der Waals surface area contributed by atoms with Crippen molar-refractivity contribution in [1.29, 1.82) is 0 Å². The second-order valence-corrected chi connectivity index (χ2v) is 1.73. The third-order valence-corrected chi connectivity index (χ3v) is 1.20. The summed E-state index contributed by atoms with van der Waals surface area (Å²) in [5, 5.41) is 0. The first-order chi connectivity index (χ1) is 3.38. The predicted octanol–water partition coefficient (Wildman–Crippen LogP) is -0.689. The van der Waals surface area contributed by atoms with Crippen LogP contribution in [0.2, 0.25) is 0 Å². The van der Waals surface area contributed by atoms with E-state index in [9.17, 15) is 4.79 Å². The Hall–Kier alpha value is -0.570. The highest BCUT2D eigenvalue weighted by Gasteiger charge is 2.52. The fourth-order valence-electron chi connectivity index (χ4n) is 0.723. The minimum absolute atomic E-state index is 0.118. The van der Waals surface area contributed by atoms with Gasteiger partial charge in [-0.15, -0.1) is 0 Å². The molecule has 2 aliphatic rings. The summed E-state index contributed by atoms with van der Waals surface area (Å²) in [6.07, 6.45) is -0.0625. The highest BCUT2D eigenvalue weighted by molar-refractivity contribution is 5.80. The van der Waals surface area contributed by atoms with Gasteiger partial charge in [-0.25, -0.2) is 4.79 Å². The van der Waals surface area contributed by atoms with Gasteiger partial charge in [0.25, 0.3) is 0 Å². The van der Waals surface area contributed by atoms with Gasteiger partial charge in [0.2, 0.25) is 0 Å². The van der Waals surface area contributed by atoms with Crippen molar-refractivity contribution in [2.45, 2.75) is 12.2 Å². The maximum atomic E-state index is 10.3. The lowest BCUT2D eigenvalue weighted by molar-refractivity contribution is -0.143. The van der Waals surface area contributed by atoms with Gasteiger partial charge in [-0.1, -0.05) is 0 Å². The average Bonchev–Trinajstić information content (AvgIpc) is 2.33. The smallest absolute Gasteiger partial charge is 0.338 e. The Morgan fingerprint density at radius 2 is 2.57 bits per heavy atom. The number of hydrogen-bond acceptors (Lipinski definition) is 3. The molecule has 3 nitrogen and oxygen atoms in total. The molecule has 2 atom stereocenters. The first-order valence-corrected chi connectivity index (χ1v) is 2.20. The van der Waals surface area contributed by atoms with E-state index in [1.54, 1.807) is 0 Å². The molecule has 0 aliphatic carbocycles. The van der Waals surface area contributed by atoms with Crippen molar-refractivity contribution in [3.8, 4) is 0 Å². The van der Waals surface area contributed by atoms with Gasteiger partial charge in [0.1, 0.15) is 12.7 Å². The number of ether oxygens (including phenoxy) is 2. The van der Waals surface area contributed by atoms with Gasteiger partial charge in [-0.2, -0.15) is 0 Å². The summed E-state index contributed by atoms with van der Waals surface area (Å²) in [6.45, 7) is 0.476. The molecule has 0 radical (unpaired) electrons. The standard InChI is InChI=1S/C4H4O3/c5-4-3-2(7-3)1-6-4/h2-3H,1H2. The van der Waals surface area contributed by atoms with Crippen LogP contribution in [0.5, 0.6) is 0 Å². The van der Waals surface area contributed by atoms with Gasteiger partial charge in [-0.3, -0.25) is 0 Å². The summed E-state index contributed by atoms with van der Waals surface area (Å²) < 4.78 is 9.34. The topological polar surface area (TPSA) is 38.8 Å². The van der Waals surface area contributed by atoms with Gasteiger partial charge in [0, 0.05) is 0 Å². The highest BCUT2D eigenvalue weighted by atomic mass is 16.7. The van der Waals surface area contributed by atoms with Crippen LogP contribution in [-0.4, -0.2) is 24.8 Å². The number of carbonyl (C=O) groups excluding carboxylic acids is 1. The van der Waals surface area contributed by atoms with Gasteiger partial charge in [0.05, 0.1) is 0 Å². The molecule has 0 spiro atoms. The zero-order valence-electron chi connectivity index (χ0n) is 3.59. The van der Waals surface area contributed by atoms with Crippen LogP contribution in [0.15, 0.2) is 0 Å². The molecule has 2 heterocycles. The Morgan fingerprint density at radius 1 is 1.71 bits per heavy atom. The Bertz CT molecular complexity index is 120. The van der Waals surface area contributed by atoms with E-state index >= 15 is 0 Å². The highest BCUT2D eigenvalue weighted by Crippen LogP contribution is 2.29. The SMILES string of the molecule is O=C1OCC2OC12. The molecule has 2 rings (SSSR count). The predicted molar refractivity (Wildman–Crippen MR) is 19.6 cm³/mol. The number of cyclic esters (lactones) is 1. The summed E-state index contributed by atoms with van der Waals surface area (Å²) >= 11 is 0. The number of epoxide rings is 1. The molecule has 0 bridgehead atoms. The first kappa shape index (κ1) is 3.43. The summed E-state index contributed by atoms with van der Waals surface area (Å²) in [6, 6.07) is 0. The fourth-order valence-corrected chi connectivity index (χ4v) is 0.723. The Balaban J connectivity index is 2.21. The first-order valence-electron chi connectivity index (χ1n) is 2.20. The van der Waals surface area contributed by atoms with E-state index in [1.165, 1.54) is 0 Å². The molecule has 0 aromatic carbocycles. The molecule has 0 N–H and O–H groups in total. The summed E-state index contributed by atoms with van der Waals surface area (Å²) in [5.74, 6) is -0.190. The van der Waals surface area contributed by atoms with E-state index in [0.717, 1.165) is 0 Å². The summed E-state index contributed by atoms with van der Waals surface area (Å²) in [5.41, 5.74) is 0. The molecule has 0 amide bonds. The van der Waals surface area contributed by atoms with Crippen LogP contribution in [-0.2, 0) is 14.3 Å². The normalized spacial score (nSPS) is 45.4. The Morgan fingerprint density at radius 3 is 2.71 bits per heavy atom. The van der Waals surface area contributed by atoms with Crippen molar-refractivity contribution in [3.05, 3.63) is 0 Å². The number of fused-ring (bicyclic) bond motifs is 1. The van der Waals surface area contributed by atoms with Crippen molar-refractivity contribution in [2.75, 3.05) is 6.61 Å². The number of esters is 1. The third-order valence-electron chi connectivity index (χ3n) is 1.20. The number of rotatable bonds is 0. The van der Waals surface area contributed by atoms with E-state index < -0.39 is 0 Å². The molecule has 3 heteroatoms. The Labute approximate surface area is 40.2 Å². The van der Waals surface area contributed by atoms with Crippen LogP contribution in [0.1, 0.15) is 0 Å². The maximum Gasteiger partial charge on any atom is 0.338 e. The van der Waals surface area contributed by atoms with Crippen molar-refractivity contribution in [2.24, 2.45) is 0 Å². The Kier molecular flexibility index (Phi) is 0.400. The van der Waals surface area contributed by atoms with Gasteiger partial charge in [-0.05, 0) is 0 Å². The minimum atomic E-state index is -0.190. The lowest BCUT2D eigenvalue weighted by Crippen LogP contribution is -2.02. The van der Waals surface area contributed by atoms with Crippen LogP contribution in [0.4, 0.5) is 0 Å². The van der Waals surface area contributed by atoms with Gasteiger partial charge < -0.3 is 9.47 Å². The van der Waals surface area contributed by atoms with E-state index in [1.807, 2.05) is 0 Å². The van der Waals surface area contributed by atoms with E-state index in [4.69, 9.17) is 4.74 Å². The zero-order valence-corrected chi connectivity index (χ0v) is 3.59. The number of carbonyl (C=O) groups is 1. The van der Waals surface area contributed by atoms with Gasteiger partial charge in [0.15, 0.2) is 6.10 Å². The average molecular weight is 100 g/mol. The molecule has 0 aromatic rings. The molecule has 2 fully saturated rings. The molecule has 7 heavy (non-hydrogen) atoms. The van der Waals surface area contributed by atoms with Crippen LogP contribution < -0.4 is 0 Å². The lowest BCUT2D eigenvalue weighted by atomic mass is 10.4. The molecule has 38 valence electrons. The van der Waals surface area contributed by atoms with Crippen molar-refractivity contribution < 1.29 is 14.3 Å². The molecule has 2 saturated heterocycles. The monoisotopic (exact) mass is 100 g/mol. The maximum absolute atomic E-state index is 10.3. The van der Waals surface area contributed by atoms with E-state index in [2.05, 4.69) is 4.74 Å². The summed E-state index contributed by atoms with van der Waals surface area (Å²) in [7, 11) is 0. The second-order valence-electron chi connectivity index (χ2n) is 1.73. The fraction of sp³-hybridized carbons (Fsp3) is 0.750. The molecule has 0 aromatic heterocycles. The second kappa shape index (κ2) is 0.816. The van der Waals surface area contributed by atoms with Crippen LogP contribution in [0.3, 0.4) is 0 Å². The quantitative estimate of drug-likeness (QED) is 0.299.